The van der Waals surface area contributed by atoms with Gasteiger partial charge in [-0.15, -0.1) is 11.3 Å². The fourth-order valence-electron chi connectivity index (χ4n) is 2.15. The van der Waals surface area contributed by atoms with Crippen molar-refractivity contribution in [2.75, 3.05) is 17.7 Å². The highest BCUT2D eigenvalue weighted by molar-refractivity contribution is 8.00. The molecule has 0 aliphatic carbocycles. The summed E-state index contributed by atoms with van der Waals surface area (Å²) in [4.78, 5) is 33.0. The first-order valence-corrected chi connectivity index (χ1v) is 9.80. The van der Waals surface area contributed by atoms with Crippen molar-refractivity contribution in [2.45, 2.75) is 11.9 Å². The zero-order chi connectivity index (χ0) is 18.5. The second-order valence-corrected chi connectivity index (χ2v) is 7.57. The zero-order valence-electron chi connectivity index (χ0n) is 13.7. The Morgan fingerprint density at radius 3 is 2.96 bits per heavy atom. The standard InChI is InChI=1S/C17H14ClN3O3S2/c1-10-6-11(18)2-3-13(10)21-14(22)7-24-15(23)8-26-17-12-4-5-25-16(12)19-9-20-17/h2-6,9H,7-8H2,1H3,(H,21,22). The highest BCUT2D eigenvalue weighted by atomic mass is 35.5. The summed E-state index contributed by atoms with van der Waals surface area (Å²) in [7, 11) is 0. The van der Waals surface area contributed by atoms with Crippen molar-refractivity contribution in [3.05, 3.63) is 46.6 Å². The fraction of sp³-hybridized carbons (Fsp3) is 0.176. The minimum absolute atomic E-state index is 0.0647. The Kier molecular flexibility index (Phi) is 6.08. The molecule has 0 aliphatic heterocycles. The van der Waals surface area contributed by atoms with Gasteiger partial charge in [0, 0.05) is 16.1 Å². The van der Waals surface area contributed by atoms with Crippen LogP contribution >= 0.6 is 34.7 Å². The van der Waals surface area contributed by atoms with Crippen molar-refractivity contribution in [3.63, 3.8) is 0 Å². The fourth-order valence-corrected chi connectivity index (χ4v) is 3.95. The number of nitrogens with one attached hydrogen (secondary N) is 1. The van der Waals surface area contributed by atoms with E-state index in [1.54, 1.807) is 18.2 Å². The van der Waals surface area contributed by atoms with Gasteiger partial charge < -0.3 is 10.1 Å². The number of benzene rings is 1. The number of hydrogen-bond donors (Lipinski definition) is 1. The summed E-state index contributed by atoms with van der Waals surface area (Å²) in [6.45, 7) is 1.48. The molecule has 6 nitrogen and oxygen atoms in total. The smallest absolute Gasteiger partial charge is 0.316 e. The minimum atomic E-state index is -0.486. The third-order valence-corrected chi connectivity index (χ3v) is 5.41. The van der Waals surface area contributed by atoms with Gasteiger partial charge in [-0.1, -0.05) is 23.4 Å². The van der Waals surface area contributed by atoms with Crippen LogP contribution in [0.15, 0.2) is 41.0 Å². The molecule has 26 heavy (non-hydrogen) atoms. The molecule has 3 aromatic rings. The molecule has 2 aromatic heterocycles. The minimum Gasteiger partial charge on any atom is -0.455 e. The molecule has 0 saturated carbocycles. The van der Waals surface area contributed by atoms with Gasteiger partial charge in [-0.2, -0.15) is 0 Å². The number of thiophene rings is 1. The molecule has 0 atom stereocenters. The summed E-state index contributed by atoms with van der Waals surface area (Å²) in [5, 5.41) is 6.82. The van der Waals surface area contributed by atoms with Gasteiger partial charge in [0.15, 0.2) is 6.61 Å². The molecule has 1 N–H and O–H groups in total. The van der Waals surface area contributed by atoms with Gasteiger partial charge in [0.05, 0.1) is 5.75 Å². The van der Waals surface area contributed by atoms with Gasteiger partial charge in [-0.25, -0.2) is 9.97 Å². The molecule has 0 radical (unpaired) electrons. The lowest BCUT2D eigenvalue weighted by molar-refractivity contribution is -0.144. The summed E-state index contributed by atoms with van der Waals surface area (Å²) in [6, 6.07) is 7.04. The summed E-state index contributed by atoms with van der Waals surface area (Å²) in [6.07, 6.45) is 1.47. The zero-order valence-corrected chi connectivity index (χ0v) is 16.1. The molecule has 0 bridgehead atoms. The average molecular weight is 408 g/mol. The van der Waals surface area contributed by atoms with Crippen molar-refractivity contribution in [3.8, 4) is 0 Å². The van der Waals surface area contributed by atoms with E-state index in [9.17, 15) is 9.59 Å². The first-order chi connectivity index (χ1) is 12.5. The van der Waals surface area contributed by atoms with Crippen LogP contribution in [0, 0.1) is 6.92 Å². The third-order valence-electron chi connectivity index (χ3n) is 3.38. The monoisotopic (exact) mass is 407 g/mol. The predicted molar refractivity (Wildman–Crippen MR) is 104 cm³/mol. The topological polar surface area (TPSA) is 81.2 Å². The second kappa shape index (κ2) is 8.48. The van der Waals surface area contributed by atoms with E-state index in [0.717, 1.165) is 20.8 Å². The Balaban J connectivity index is 1.48. The number of aryl methyl sites for hydroxylation is 1. The van der Waals surface area contributed by atoms with Gasteiger partial charge in [-0.3, -0.25) is 9.59 Å². The van der Waals surface area contributed by atoms with Crippen LogP contribution in [0.2, 0.25) is 5.02 Å². The molecular weight excluding hydrogens is 394 g/mol. The maximum Gasteiger partial charge on any atom is 0.316 e. The lowest BCUT2D eigenvalue weighted by Crippen LogP contribution is -2.22. The van der Waals surface area contributed by atoms with Crippen molar-refractivity contribution in [2.24, 2.45) is 0 Å². The number of hydrogen-bond acceptors (Lipinski definition) is 7. The number of anilines is 1. The van der Waals surface area contributed by atoms with E-state index in [-0.39, 0.29) is 12.4 Å². The van der Waals surface area contributed by atoms with Crippen LogP contribution in [0.5, 0.6) is 0 Å². The molecular formula is C17H14ClN3O3S2. The van der Waals surface area contributed by atoms with Crippen molar-refractivity contribution >= 4 is 62.5 Å². The number of thioether (sulfide) groups is 1. The molecule has 134 valence electrons. The van der Waals surface area contributed by atoms with Gasteiger partial charge >= 0.3 is 5.97 Å². The van der Waals surface area contributed by atoms with E-state index in [4.69, 9.17) is 16.3 Å². The molecule has 9 heteroatoms. The third kappa shape index (κ3) is 4.72. The van der Waals surface area contributed by atoms with Crippen molar-refractivity contribution < 1.29 is 14.3 Å². The Bertz CT molecular complexity index is 961. The van der Waals surface area contributed by atoms with Gasteiger partial charge in [0.1, 0.15) is 16.2 Å². The van der Waals surface area contributed by atoms with Crippen LogP contribution in [0.25, 0.3) is 10.2 Å². The predicted octanol–water partition coefficient (Wildman–Crippen LogP) is 3.93. The summed E-state index contributed by atoms with van der Waals surface area (Å²) in [5.74, 6) is -0.828. The number of fused-ring (bicyclic) bond motifs is 1. The maximum absolute atomic E-state index is 11.9. The largest absolute Gasteiger partial charge is 0.455 e. The van der Waals surface area contributed by atoms with E-state index < -0.39 is 11.9 Å². The lowest BCUT2D eigenvalue weighted by Gasteiger charge is -2.09. The number of nitrogens with zero attached hydrogens (tertiary/aromatic N) is 2. The number of rotatable bonds is 6. The molecule has 0 unspecified atom stereocenters. The summed E-state index contributed by atoms with van der Waals surface area (Å²) in [5.41, 5.74) is 1.46. The van der Waals surface area contributed by atoms with Crippen LogP contribution in [0.3, 0.4) is 0 Å². The van der Waals surface area contributed by atoms with Crippen LogP contribution in [-0.4, -0.2) is 34.2 Å². The van der Waals surface area contributed by atoms with E-state index in [2.05, 4.69) is 15.3 Å². The second-order valence-electron chi connectivity index (χ2n) is 5.28. The first-order valence-electron chi connectivity index (χ1n) is 7.55. The molecule has 0 saturated heterocycles. The average Bonchev–Trinajstić information content (AvgIpc) is 3.10. The molecule has 1 amide bonds. The van der Waals surface area contributed by atoms with Gasteiger partial charge in [0.2, 0.25) is 0 Å². The van der Waals surface area contributed by atoms with Crippen LogP contribution < -0.4 is 5.32 Å². The number of carbonyl (C=O) groups excluding carboxylic acids is 2. The van der Waals surface area contributed by atoms with Gasteiger partial charge in [0.25, 0.3) is 5.91 Å². The number of ether oxygens (including phenoxy) is 1. The highest BCUT2D eigenvalue weighted by Crippen LogP contribution is 2.27. The quantitative estimate of drug-likeness (QED) is 0.379. The van der Waals surface area contributed by atoms with Crippen LogP contribution in [-0.2, 0) is 14.3 Å². The molecule has 2 heterocycles. The molecule has 0 aliphatic rings. The first kappa shape index (κ1) is 18.6. The molecule has 0 fully saturated rings. The maximum atomic E-state index is 11.9. The normalized spacial score (nSPS) is 10.7. The van der Waals surface area contributed by atoms with E-state index in [1.807, 2.05) is 18.4 Å². The van der Waals surface area contributed by atoms with Crippen molar-refractivity contribution in [1.82, 2.24) is 9.97 Å². The Morgan fingerprint density at radius 1 is 1.31 bits per heavy atom. The van der Waals surface area contributed by atoms with Gasteiger partial charge in [-0.05, 0) is 42.1 Å². The Labute approximate surface area is 162 Å². The Hall–Kier alpha value is -2.16. The van der Waals surface area contributed by atoms with E-state index in [0.29, 0.717) is 10.7 Å². The van der Waals surface area contributed by atoms with E-state index >= 15 is 0 Å². The molecule has 0 spiro atoms. The number of esters is 1. The number of amides is 1. The SMILES string of the molecule is Cc1cc(Cl)ccc1NC(=O)COC(=O)CSc1ncnc2sccc12. The number of halogens is 1. The molecule has 1 aromatic carbocycles. The molecule has 3 rings (SSSR count). The summed E-state index contributed by atoms with van der Waals surface area (Å²) < 4.78 is 5.02. The highest BCUT2D eigenvalue weighted by Gasteiger charge is 2.12. The Morgan fingerprint density at radius 2 is 2.15 bits per heavy atom. The number of carbonyl (C=O) groups is 2. The summed E-state index contributed by atoms with van der Waals surface area (Å²) >= 11 is 8.65. The lowest BCUT2D eigenvalue weighted by atomic mass is 10.2. The van der Waals surface area contributed by atoms with Crippen LogP contribution in [0.1, 0.15) is 5.56 Å². The van der Waals surface area contributed by atoms with E-state index in [1.165, 1.54) is 29.4 Å². The number of aromatic nitrogens is 2. The van der Waals surface area contributed by atoms with Crippen LogP contribution in [0.4, 0.5) is 5.69 Å². The van der Waals surface area contributed by atoms with Crippen molar-refractivity contribution in [1.29, 1.82) is 0 Å².